The molecular weight excluding hydrogens is 252 g/mol. The first kappa shape index (κ1) is 15.3. The molecule has 0 atom stereocenters. The van der Waals surface area contributed by atoms with Crippen LogP contribution in [0.15, 0.2) is 12.1 Å². The van der Waals surface area contributed by atoms with E-state index in [4.69, 9.17) is 9.84 Å². The van der Waals surface area contributed by atoms with Crippen molar-refractivity contribution in [3.63, 3.8) is 0 Å². The molecule has 1 aliphatic rings. The second-order valence-electron chi connectivity index (χ2n) is 5.40. The van der Waals surface area contributed by atoms with Crippen molar-refractivity contribution in [1.29, 1.82) is 0 Å². The Kier molecular flexibility index (Phi) is 5.83. The fourth-order valence-corrected chi connectivity index (χ4v) is 2.63. The minimum absolute atomic E-state index is 0.238. The summed E-state index contributed by atoms with van der Waals surface area (Å²) in [5.74, 6) is 0.998. The number of ether oxygens (including phenoxy) is 1. The van der Waals surface area contributed by atoms with Crippen LogP contribution in [0.3, 0.4) is 0 Å². The molecule has 0 aromatic heterocycles. The minimum Gasteiger partial charge on any atom is -0.494 e. The number of hydrogen-bond acceptors (Lipinski definition) is 4. The van der Waals surface area contributed by atoms with Gasteiger partial charge in [0, 0.05) is 31.8 Å². The van der Waals surface area contributed by atoms with Crippen LogP contribution in [-0.2, 0) is 19.5 Å². The Labute approximate surface area is 121 Å². The van der Waals surface area contributed by atoms with Crippen LogP contribution in [0, 0.1) is 0 Å². The van der Waals surface area contributed by atoms with Crippen LogP contribution in [0.2, 0.25) is 0 Å². The molecule has 20 heavy (non-hydrogen) atoms. The maximum absolute atomic E-state index is 8.82. The molecule has 0 spiro atoms. The van der Waals surface area contributed by atoms with Crippen molar-refractivity contribution < 1.29 is 9.84 Å². The van der Waals surface area contributed by atoms with E-state index >= 15 is 0 Å². The molecule has 112 valence electrons. The van der Waals surface area contributed by atoms with Crippen molar-refractivity contribution in [2.24, 2.45) is 0 Å². The Bertz CT molecular complexity index is 435. The summed E-state index contributed by atoms with van der Waals surface area (Å²) in [5.41, 5.74) is 4.07. The lowest BCUT2D eigenvalue weighted by atomic mass is 9.96. The predicted molar refractivity (Wildman–Crippen MR) is 81.1 cm³/mol. The van der Waals surface area contributed by atoms with E-state index in [1.807, 2.05) is 6.92 Å². The van der Waals surface area contributed by atoms with Crippen molar-refractivity contribution in [3.8, 4) is 5.75 Å². The summed E-state index contributed by atoms with van der Waals surface area (Å²) in [6, 6.07) is 4.50. The Morgan fingerprint density at radius 3 is 2.95 bits per heavy atom. The standard InChI is InChI=1S/C16H26N2O2/c1-3-20-16-10-15-12-18(2)7-5-13(15)9-14(16)11-17-6-4-8-19/h9-10,17,19H,3-8,11-12H2,1-2H3. The van der Waals surface area contributed by atoms with Crippen LogP contribution in [0.25, 0.3) is 0 Å². The average Bonchev–Trinajstić information content (AvgIpc) is 2.44. The summed E-state index contributed by atoms with van der Waals surface area (Å²) < 4.78 is 5.79. The average molecular weight is 278 g/mol. The zero-order chi connectivity index (χ0) is 14.4. The van der Waals surface area contributed by atoms with E-state index in [-0.39, 0.29) is 6.61 Å². The van der Waals surface area contributed by atoms with Crippen molar-refractivity contribution >= 4 is 0 Å². The number of aliphatic hydroxyl groups is 1. The van der Waals surface area contributed by atoms with Crippen LogP contribution in [0.1, 0.15) is 30.0 Å². The molecule has 0 saturated heterocycles. The van der Waals surface area contributed by atoms with Gasteiger partial charge in [-0.1, -0.05) is 6.07 Å². The highest BCUT2D eigenvalue weighted by atomic mass is 16.5. The topological polar surface area (TPSA) is 44.7 Å². The number of rotatable bonds is 7. The smallest absolute Gasteiger partial charge is 0.124 e. The van der Waals surface area contributed by atoms with Gasteiger partial charge in [-0.05, 0) is 50.6 Å². The van der Waals surface area contributed by atoms with Gasteiger partial charge in [-0.15, -0.1) is 0 Å². The highest BCUT2D eigenvalue weighted by molar-refractivity contribution is 5.44. The lowest BCUT2D eigenvalue weighted by molar-refractivity contribution is 0.285. The molecule has 1 aliphatic heterocycles. The number of likely N-dealkylation sites (N-methyl/N-ethyl adjacent to an activating group) is 1. The molecule has 2 rings (SSSR count). The first-order valence-corrected chi connectivity index (χ1v) is 7.52. The Morgan fingerprint density at radius 2 is 2.20 bits per heavy atom. The van der Waals surface area contributed by atoms with Gasteiger partial charge in [0.25, 0.3) is 0 Å². The van der Waals surface area contributed by atoms with Gasteiger partial charge in [0.1, 0.15) is 5.75 Å². The number of benzene rings is 1. The zero-order valence-corrected chi connectivity index (χ0v) is 12.6. The molecule has 0 aliphatic carbocycles. The van der Waals surface area contributed by atoms with Crippen molar-refractivity contribution in [3.05, 3.63) is 28.8 Å². The van der Waals surface area contributed by atoms with Crippen LogP contribution in [0.4, 0.5) is 0 Å². The summed E-state index contributed by atoms with van der Waals surface area (Å²) in [6.45, 7) is 6.72. The van der Waals surface area contributed by atoms with Gasteiger partial charge in [0.15, 0.2) is 0 Å². The van der Waals surface area contributed by atoms with E-state index in [9.17, 15) is 0 Å². The molecule has 4 nitrogen and oxygen atoms in total. The van der Waals surface area contributed by atoms with Crippen LogP contribution in [-0.4, -0.2) is 43.4 Å². The quantitative estimate of drug-likeness (QED) is 0.743. The molecule has 0 radical (unpaired) electrons. The van der Waals surface area contributed by atoms with E-state index in [0.717, 1.165) is 44.8 Å². The summed E-state index contributed by atoms with van der Waals surface area (Å²) in [6.07, 6.45) is 1.90. The van der Waals surface area contributed by atoms with Gasteiger partial charge in [0.2, 0.25) is 0 Å². The molecule has 0 amide bonds. The summed E-state index contributed by atoms with van der Waals surface area (Å²) in [5, 5.41) is 12.2. The Hall–Kier alpha value is -1.10. The number of fused-ring (bicyclic) bond motifs is 1. The molecule has 2 N–H and O–H groups in total. The SMILES string of the molecule is CCOc1cc2c(cc1CNCCCO)CCN(C)C2. The minimum atomic E-state index is 0.238. The first-order chi connectivity index (χ1) is 9.74. The summed E-state index contributed by atoms with van der Waals surface area (Å²) in [7, 11) is 2.16. The highest BCUT2D eigenvalue weighted by Crippen LogP contribution is 2.27. The fraction of sp³-hybridized carbons (Fsp3) is 0.625. The molecule has 0 unspecified atom stereocenters. The van der Waals surface area contributed by atoms with Gasteiger partial charge in [-0.25, -0.2) is 0 Å². The van der Waals surface area contributed by atoms with Crippen LogP contribution >= 0.6 is 0 Å². The van der Waals surface area contributed by atoms with E-state index in [1.54, 1.807) is 0 Å². The highest BCUT2D eigenvalue weighted by Gasteiger charge is 2.16. The molecule has 0 saturated carbocycles. The van der Waals surface area contributed by atoms with E-state index in [1.165, 1.54) is 16.7 Å². The van der Waals surface area contributed by atoms with Gasteiger partial charge in [-0.2, -0.15) is 0 Å². The zero-order valence-electron chi connectivity index (χ0n) is 12.6. The lowest BCUT2D eigenvalue weighted by Crippen LogP contribution is -2.27. The Morgan fingerprint density at radius 1 is 1.35 bits per heavy atom. The largest absolute Gasteiger partial charge is 0.494 e. The second kappa shape index (κ2) is 7.62. The normalized spacial score (nSPS) is 15.2. The van der Waals surface area contributed by atoms with Crippen molar-refractivity contribution in [2.45, 2.75) is 32.9 Å². The molecule has 4 heteroatoms. The van der Waals surface area contributed by atoms with Crippen molar-refractivity contribution in [2.75, 3.05) is 33.4 Å². The maximum atomic E-state index is 8.82. The molecule has 1 aromatic carbocycles. The second-order valence-corrected chi connectivity index (χ2v) is 5.40. The third-order valence-corrected chi connectivity index (χ3v) is 3.71. The van der Waals surface area contributed by atoms with E-state index in [2.05, 4.69) is 29.4 Å². The fourth-order valence-electron chi connectivity index (χ4n) is 2.63. The van der Waals surface area contributed by atoms with Crippen LogP contribution < -0.4 is 10.1 Å². The van der Waals surface area contributed by atoms with Gasteiger partial charge >= 0.3 is 0 Å². The third kappa shape index (κ3) is 3.95. The summed E-state index contributed by atoms with van der Waals surface area (Å²) >= 11 is 0. The van der Waals surface area contributed by atoms with E-state index < -0.39 is 0 Å². The molecule has 0 bridgehead atoms. The third-order valence-electron chi connectivity index (χ3n) is 3.71. The lowest BCUT2D eigenvalue weighted by Gasteiger charge is -2.26. The van der Waals surface area contributed by atoms with E-state index in [0.29, 0.717) is 6.61 Å². The predicted octanol–water partition coefficient (Wildman–Crippen LogP) is 1.55. The first-order valence-electron chi connectivity index (χ1n) is 7.52. The number of nitrogens with zero attached hydrogens (tertiary/aromatic N) is 1. The molecule has 1 heterocycles. The molecule has 0 fully saturated rings. The van der Waals surface area contributed by atoms with Gasteiger partial charge in [0.05, 0.1) is 6.61 Å². The summed E-state index contributed by atoms with van der Waals surface area (Å²) in [4.78, 5) is 2.34. The molecule has 1 aromatic rings. The molecular formula is C16H26N2O2. The number of aliphatic hydroxyl groups excluding tert-OH is 1. The number of hydrogen-bond donors (Lipinski definition) is 2. The number of nitrogens with one attached hydrogen (secondary N) is 1. The Balaban J connectivity index is 2.12. The van der Waals surface area contributed by atoms with Gasteiger partial charge < -0.3 is 20.1 Å². The van der Waals surface area contributed by atoms with Crippen LogP contribution in [0.5, 0.6) is 5.75 Å². The maximum Gasteiger partial charge on any atom is 0.124 e. The van der Waals surface area contributed by atoms with Crippen molar-refractivity contribution in [1.82, 2.24) is 10.2 Å². The van der Waals surface area contributed by atoms with Gasteiger partial charge in [-0.3, -0.25) is 0 Å². The monoisotopic (exact) mass is 278 g/mol.